The topological polar surface area (TPSA) is 12.0 Å². The third-order valence-corrected chi connectivity index (χ3v) is 6.74. The summed E-state index contributed by atoms with van der Waals surface area (Å²) in [4.78, 5) is 0. The van der Waals surface area contributed by atoms with Gasteiger partial charge in [0.15, 0.2) is 0 Å². The highest BCUT2D eigenvalue weighted by molar-refractivity contribution is 6.43. The van der Waals surface area contributed by atoms with Crippen LogP contribution in [0.15, 0.2) is 54.9 Å². The molecule has 1 aromatic rings. The van der Waals surface area contributed by atoms with Crippen LogP contribution in [0.1, 0.15) is 71.4 Å². The number of hydrogen-bond acceptors (Lipinski definition) is 1. The second kappa shape index (κ2) is 12.3. The molecule has 160 valence electrons. The molecule has 29 heavy (non-hydrogen) atoms. The van der Waals surface area contributed by atoms with Crippen LogP contribution in [0.2, 0.25) is 10.0 Å². The first-order valence-electron chi connectivity index (χ1n) is 10.6. The molecule has 2 atom stereocenters. The third-order valence-electron chi connectivity index (χ3n) is 5.82. The third kappa shape index (κ3) is 7.72. The molecule has 0 fully saturated rings. The second-order valence-electron chi connectivity index (χ2n) is 8.05. The van der Waals surface area contributed by atoms with Gasteiger partial charge in [-0.3, -0.25) is 0 Å². The fraction of sp³-hybridized carbons (Fsp3) is 0.462. The summed E-state index contributed by atoms with van der Waals surface area (Å²) in [6.07, 6.45) is 6.98. The molecule has 1 N–H and O–H groups in total. The van der Waals surface area contributed by atoms with E-state index in [1.807, 2.05) is 12.1 Å². The highest BCUT2D eigenvalue weighted by Crippen LogP contribution is 2.36. The Bertz CT molecular complexity index is 773. The minimum Gasteiger partial charge on any atom is -0.363 e. The fourth-order valence-electron chi connectivity index (χ4n) is 3.09. The first kappa shape index (κ1) is 25.6. The summed E-state index contributed by atoms with van der Waals surface area (Å²) in [5.41, 5.74) is 5.83. The van der Waals surface area contributed by atoms with Crippen molar-refractivity contribution in [2.24, 2.45) is 11.8 Å². The molecule has 3 heteroatoms. The zero-order valence-electron chi connectivity index (χ0n) is 18.8. The zero-order chi connectivity index (χ0) is 22.1. The average molecular weight is 434 g/mol. The Morgan fingerprint density at radius 1 is 1.07 bits per heavy atom. The van der Waals surface area contributed by atoms with Crippen molar-refractivity contribution in [3.05, 3.63) is 76.1 Å². The Hall–Kier alpha value is -1.44. The molecule has 1 aromatic carbocycles. The Morgan fingerprint density at radius 3 is 2.31 bits per heavy atom. The van der Waals surface area contributed by atoms with Gasteiger partial charge in [-0.05, 0) is 61.2 Å². The number of benzene rings is 1. The van der Waals surface area contributed by atoms with Crippen molar-refractivity contribution in [1.29, 1.82) is 0 Å². The standard InChI is InChI=1S/C26H37Cl2N/c1-9-17(3)19(5)11-12-20(6)29-21(7)13-14-23-15-16-24(26(28)25(23)27)22(8)18(4)10-2/h12,15-17,19,29H,4,7-11,13-14H2,1-3,5-6H3/b20-12+/t17-,19?/m1/s1. The van der Waals surface area contributed by atoms with Crippen LogP contribution in [0.25, 0.3) is 5.57 Å². The highest BCUT2D eigenvalue weighted by atomic mass is 35.5. The minimum absolute atomic E-state index is 0.553. The van der Waals surface area contributed by atoms with E-state index < -0.39 is 0 Å². The maximum atomic E-state index is 6.54. The molecule has 1 rings (SSSR count). The summed E-state index contributed by atoms with van der Waals surface area (Å²) in [6, 6.07) is 4.02. The molecule has 0 spiro atoms. The van der Waals surface area contributed by atoms with Crippen LogP contribution in [-0.4, -0.2) is 0 Å². The van der Waals surface area contributed by atoms with Gasteiger partial charge < -0.3 is 5.32 Å². The first-order valence-corrected chi connectivity index (χ1v) is 11.3. The SMILES string of the molecule is C=C(CCc1ccc(C(=C)C(=C)CC)c(Cl)c1Cl)N/C(C)=C/CC(C)[C@H](C)CC. The number of rotatable bonds is 12. The summed E-state index contributed by atoms with van der Waals surface area (Å²) in [5, 5.41) is 4.56. The summed E-state index contributed by atoms with van der Waals surface area (Å²) in [5.74, 6) is 1.42. The summed E-state index contributed by atoms with van der Waals surface area (Å²) >= 11 is 13.1. The van der Waals surface area contributed by atoms with Gasteiger partial charge in [0.25, 0.3) is 0 Å². The minimum atomic E-state index is 0.553. The smallest absolute Gasteiger partial charge is 0.0673 e. The number of nitrogens with one attached hydrogen (secondary N) is 1. The predicted molar refractivity (Wildman–Crippen MR) is 133 cm³/mol. The molecule has 0 saturated carbocycles. The monoisotopic (exact) mass is 433 g/mol. The molecule has 0 saturated heterocycles. The van der Waals surface area contributed by atoms with Crippen LogP contribution in [0, 0.1) is 11.8 Å². The van der Waals surface area contributed by atoms with Crippen LogP contribution >= 0.6 is 23.2 Å². The summed E-state index contributed by atoms with van der Waals surface area (Å²) in [6.45, 7) is 23.3. The molecule has 0 aliphatic heterocycles. The maximum absolute atomic E-state index is 6.54. The molecule has 0 aromatic heterocycles. The molecule has 0 bridgehead atoms. The molecular weight excluding hydrogens is 397 g/mol. The molecule has 0 heterocycles. The molecular formula is C26H37Cl2N. The molecule has 1 nitrogen and oxygen atoms in total. The van der Waals surface area contributed by atoms with Crippen molar-refractivity contribution in [1.82, 2.24) is 5.32 Å². The van der Waals surface area contributed by atoms with E-state index in [2.05, 4.69) is 65.7 Å². The Balaban J connectivity index is 2.69. The predicted octanol–water partition coefficient (Wildman–Crippen LogP) is 8.98. The van der Waals surface area contributed by atoms with Crippen LogP contribution in [0.3, 0.4) is 0 Å². The van der Waals surface area contributed by atoms with Crippen molar-refractivity contribution >= 4 is 28.8 Å². The lowest BCUT2D eigenvalue weighted by atomic mass is 9.90. The second-order valence-corrected chi connectivity index (χ2v) is 8.81. The van der Waals surface area contributed by atoms with Gasteiger partial charge in [0.1, 0.15) is 0 Å². The number of aryl methyl sites for hydroxylation is 1. The van der Waals surface area contributed by atoms with Gasteiger partial charge in [-0.1, -0.05) is 95.3 Å². The Labute approximate surface area is 188 Å². The van der Waals surface area contributed by atoms with E-state index in [9.17, 15) is 0 Å². The normalized spacial score (nSPS) is 13.7. The van der Waals surface area contributed by atoms with E-state index in [1.54, 1.807) is 0 Å². The first-order chi connectivity index (χ1) is 13.6. The van der Waals surface area contributed by atoms with Gasteiger partial charge in [0, 0.05) is 17.0 Å². The van der Waals surface area contributed by atoms with Crippen molar-refractivity contribution in [3.8, 4) is 0 Å². The average Bonchev–Trinajstić information content (AvgIpc) is 2.71. The van der Waals surface area contributed by atoms with Crippen molar-refractivity contribution in [2.75, 3.05) is 0 Å². The van der Waals surface area contributed by atoms with E-state index in [0.717, 1.165) is 65.3 Å². The van der Waals surface area contributed by atoms with Crippen LogP contribution in [0.5, 0.6) is 0 Å². The number of allylic oxidation sites excluding steroid dienone is 5. The highest BCUT2D eigenvalue weighted by Gasteiger charge is 2.14. The van der Waals surface area contributed by atoms with Crippen molar-refractivity contribution in [3.63, 3.8) is 0 Å². The quantitative estimate of drug-likeness (QED) is 0.324. The van der Waals surface area contributed by atoms with Gasteiger partial charge in [-0.2, -0.15) is 0 Å². The Morgan fingerprint density at radius 2 is 1.72 bits per heavy atom. The zero-order valence-corrected chi connectivity index (χ0v) is 20.3. The van der Waals surface area contributed by atoms with Crippen LogP contribution < -0.4 is 5.32 Å². The van der Waals surface area contributed by atoms with E-state index in [1.165, 1.54) is 6.42 Å². The summed E-state index contributed by atoms with van der Waals surface area (Å²) < 4.78 is 0. The molecule has 0 aliphatic rings. The van der Waals surface area contributed by atoms with E-state index in [-0.39, 0.29) is 0 Å². The summed E-state index contributed by atoms with van der Waals surface area (Å²) in [7, 11) is 0. The fourth-order valence-corrected chi connectivity index (χ4v) is 3.65. The van der Waals surface area contributed by atoms with Gasteiger partial charge in [-0.25, -0.2) is 0 Å². The van der Waals surface area contributed by atoms with E-state index in [4.69, 9.17) is 23.2 Å². The molecule has 0 aliphatic carbocycles. The largest absolute Gasteiger partial charge is 0.363 e. The van der Waals surface area contributed by atoms with Crippen molar-refractivity contribution < 1.29 is 0 Å². The Kier molecular flexibility index (Phi) is 10.9. The maximum Gasteiger partial charge on any atom is 0.0673 e. The lowest BCUT2D eigenvalue weighted by Gasteiger charge is -2.17. The van der Waals surface area contributed by atoms with Crippen LogP contribution in [0.4, 0.5) is 0 Å². The van der Waals surface area contributed by atoms with Gasteiger partial charge in [0.05, 0.1) is 10.0 Å². The lowest BCUT2D eigenvalue weighted by molar-refractivity contribution is 0.379. The van der Waals surface area contributed by atoms with E-state index >= 15 is 0 Å². The van der Waals surface area contributed by atoms with Gasteiger partial charge >= 0.3 is 0 Å². The van der Waals surface area contributed by atoms with Crippen molar-refractivity contribution in [2.45, 2.75) is 66.7 Å². The van der Waals surface area contributed by atoms with Gasteiger partial charge in [0.2, 0.25) is 0 Å². The molecule has 0 amide bonds. The number of halogens is 2. The number of hydrogen-bond donors (Lipinski definition) is 1. The van der Waals surface area contributed by atoms with Crippen LogP contribution in [-0.2, 0) is 6.42 Å². The van der Waals surface area contributed by atoms with Gasteiger partial charge in [-0.15, -0.1) is 0 Å². The molecule has 0 radical (unpaired) electrons. The van der Waals surface area contributed by atoms with E-state index in [0.29, 0.717) is 16.0 Å². The molecule has 1 unspecified atom stereocenters. The lowest BCUT2D eigenvalue weighted by Crippen LogP contribution is -2.12.